The fourth-order valence-electron chi connectivity index (χ4n) is 2.42. The number of hydrogen-bond donors (Lipinski definition) is 1. The highest BCUT2D eigenvalue weighted by atomic mass is 16.2. The monoisotopic (exact) mass is 225 g/mol. The molecule has 2 heterocycles. The molecule has 1 atom stereocenters. The van der Waals surface area contributed by atoms with Crippen molar-refractivity contribution in [2.75, 3.05) is 26.2 Å². The Kier molecular flexibility index (Phi) is 3.56. The molecule has 0 aromatic heterocycles. The highest BCUT2D eigenvalue weighted by Crippen LogP contribution is 2.12. The summed E-state index contributed by atoms with van der Waals surface area (Å²) in [5.74, 6) is -0.0806. The summed E-state index contributed by atoms with van der Waals surface area (Å²) in [5, 5.41) is 0. The Balaban J connectivity index is 1.84. The van der Waals surface area contributed by atoms with Gasteiger partial charge >= 0.3 is 0 Å². The van der Waals surface area contributed by atoms with E-state index in [-0.39, 0.29) is 17.9 Å². The van der Waals surface area contributed by atoms with E-state index < -0.39 is 0 Å². The van der Waals surface area contributed by atoms with E-state index in [4.69, 9.17) is 5.73 Å². The third-order valence-electron chi connectivity index (χ3n) is 3.28. The van der Waals surface area contributed by atoms with Gasteiger partial charge in [-0.2, -0.15) is 0 Å². The molecule has 0 radical (unpaired) electrons. The molecule has 0 saturated carbocycles. The van der Waals surface area contributed by atoms with Crippen LogP contribution >= 0.6 is 0 Å². The molecular formula is C11H19N3O2. The van der Waals surface area contributed by atoms with Crippen LogP contribution in [0.25, 0.3) is 0 Å². The quantitative estimate of drug-likeness (QED) is 0.692. The molecular weight excluding hydrogens is 206 g/mol. The minimum Gasteiger partial charge on any atom is -0.327 e. The van der Waals surface area contributed by atoms with Crippen molar-refractivity contribution in [1.29, 1.82) is 0 Å². The number of piperidine rings is 1. The van der Waals surface area contributed by atoms with E-state index in [1.807, 2.05) is 0 Å². The first-order valence-electron chi connectivity index (χ1n) is 5.98. The molecule has 0 unspecified atom stereocenters. The highest BCUT2D eigenvalue weighted by molar-refractivity contribution is 5.97. The lowest BCUT2D eigenvalue weighted by molar-refractivity contribution is -0.142. The molecule has 90 valence electrons. The van der Waals surface area contributed by atoms with Crippen molar-refractivity contribution in [3.63, 3.8) is 0 Å². The molecule has 2 amide bonds. The van der Waals surface area contributed by atoms with Crippen LogP contribution in [0.15, 0.2) is 0 Å². The molecule has 16 heavy (non-hydrogen) atoms. The molecule has 5 heteroatoms. The number of imide groups is 1. The first-order valence-corrected chi connectivity index (χ1v) is 5.98. The van der Waals surface area contributed by atoms with Crippen LogP contribution in [0.1, 0.15) is 25.7 Å². The molecule has 2 fully saturated rings. The number of hydrogen-bond acceptors (Lipinski definition) is 4. The summed E-state index contributed by atoms with van der Waals surface area (Å²) in [6, 6.07) is 0.177. The van der Waals surface area contributed by atoms with E-state index in [1.165, 1.54) is 4.90 Å². The number of rotatable bonds is 2. The van der Waals surface area contributed by atoms with Crippen LogP contribution in [-0.4, -0.2) is 53.8 Å². The van der Waals surface area contributed by atoms with Gasteiger partial charge in [-0.05, 0) is 25.8 Å². The Morgan fingerprint density at radius 1 is 1.38 bits per heavy atom. The van der Waals surface area contributed by atoms with E-state index in [1.54, 1.807) is 0 Å². The minimum atomic E-state index is -0.0587. The fourth-order valence-corrected chi connectivity index (χ4v) is 2.42. The summed E-state index contributed by atoms with van der Waals surface area (Å²) in [6.07, 6.45) is 3.41. The Bertz CT molecular complexity index is 293. The fraction of sp³-hybridized carbons (Fsp3) is 0.818. The second-order valence-electron chi connectivity index (χ2n) is 4.68. The average molecular weight is 225 g/mol. The molecule has 0 spiro atoms. The summed E-state index contributed by atoms with van der Waals surface area (Å²) in [4.78, 5) is 26.7. The molecule has 0 bridgehead atoms. The number of carbonyl (C=O) groups excluding carboxylic acids is 2. The van der Waals surface area contributed by atoms with Crippen molar-refractivity contribution < 1.29 is 9.59 Å². The topological polar surface area (TPSA) is 66.6 Å². The van der Waals surface area contributed by atoms with E-state index in [0.29, 0.717) is 19.5 Å². The average Bonchev–Trinajstić information content (AvgIpc) is 2.64. The van der Waals surface area contributed by atoms with Crippen molar-refractivity contribution in [3.05, 3.63) is 0 Å². The number of nitrogens with two attached hydrogens (primary N) is 1. The molecule has 2 rings (SSSR count). The molecule has 0 aromatic carbocycles. The van der Waals surface area contributed by atoms with Gasteiger partial charge in [0.15, 0.2) is 0 Å². The van der Waals surface area contributed by atoms with Gasteiger partial charge in [-0.15, -0.1) is 0 Å². The summed E-state index contributed by atoms with van der Waals surface area (Å²) in [7, 11) is 0. The molecule has 5 nitrogen and oxygen atoms in total. The lowest BCUT2D eigenvalue weighted by Gasteiger charge is -2.30. The lowest BCUT2D eigenvalue weighted by Crippen LogP contribution is -2.48. The van der Waals surface area contributed by atoms with Crippen LogP contribution in [0.3, 0.4) is 0 Å². The van der Waals surface area contributed by atoms with Crippen LogP contribution in [-0.2, 0) is 9.59 Å². The maximum absolute atomic E-state index is 11.9. The van der Waals surface area contributed by atoms with Gasteiger partial charge in [0.05, 0.1) is 6.54 Å². The van der Waals surface area contributed by atoms with Crippen molar-refractivity contribution in [1.82, 2.24) is 9.80 Å². The van der Waals surface area contributed by atoms with E-state index in [9.17, 15) is 9.59 Å². The van der Waals surface area contributed by atoms with Gasteiger partial charge in [-0.1, -0.05) is 0 Å². The zero-order valence-corrected chi connectivity index (χ0v) is 9.52. The van der Waals surface area contributed by atoms with Gasteiger partial charge < -0.3 is 5.73 Å². The van der Waals surface area contributed by atoms with Gasteiger partial charge in [0.1, 0.15) is 0 Å². The first-order chi connectivity index (χ1) is 7.66. The smallest absolute Gasteiger partial charge is 0.243 e. The standard InChI is InChI=1S/C11H19N3O2/c12-9-3-1-5-13(7-9)8-11(16)14-6-2-4-10(14)15/h9H,1-8,12H2/t9-/m1/s1. The molecule has 2 aliphatic heterocycles. The third-order valence-corrected chi connectivity index (χ3v) is 3.28. The highest BCUT2D eigenvalue weighted by Gasteiger charge is 2.28. The Hall–Kier alpha value is -0.940. The summed E-state index contributed by atoms with van der Waals surface area (Å²) >= 11 is 0. The predicted octanol–water partition coefficient (Wildman–Crippen LogP) is -0.441. The Labute approximate surface area is 95.6 Å². The second kappa shape index (κ2) is 4.93. The van der Waals surface area contributed by atoms with Crippen LogP contribution in [0.4, 0.5) is 0 Å². The number of carbonyl (C=O) groups is 2. The maximum atomic E-state index is 11.9. The maximum Gasteiger partial charge on any atom is 0.243 e. The van der Waals surface area contributed by atoms with Crippen LogP contribution in [0.2, 0.25) is 0 Å². The summed E-state index contributed by atoms with van der Waals surface area (Å²) < 4.78 is 0. The first kappa shape index (κ1) is 11.5. The van der Waals surface area contributed by atoms with Gasteiger partial charge in [-0.3, -0.25) is 19.4 Å². The van der Waals surface area contributed by atoms with Gasteiger partial charge in [0, 0.05) is 25.6 Å². The van der Waals surface area contributed by atoms with E-state index in [0.717, 1.165) is 32.4 Å². The van der Waals surface area contributed by atoms with Gasteiger partial charge in [0.25, 0.3) is 0 Å². The Morgan fingerprint density at radius 2 is 2.19 bits per heavy atom. The number of amides is 2. The summed E-state index contributed by atoms with van der Waals surface area (Å²) in [6.45, 7) is 2.63. The van der Waals surface area contributed by atoms with Gasteiger partial charge in [0.2, 0.25) is 11.8 Å². The largest absolute Gasteiger partial charge is 0.327 e. The Morgan fingerprint density at radius 3 is 2.81 bits per heavy atom. The van der Waals surface area contributed by atoms with Crippen LogP contribution < -0.4 is 5.73 Å². The van der Waals surface area contributed by atoms with E-state index >= 15 is 0 Å². The minimum absolute atomic E-state index is 0.0219. The molecule has 2 N–H and O–H groups in total. The normalized spacial score (nSPS) is 27.4. The molecule has 2 aliphatic rings. The van der Waals surface area contributed by atoms with Crippen molar-refractivity contribution in [3.8, 4) is 0 Å². The summed E-state index contributed by atoms with van der Waals surface area (Å²) in [5.41, 5.74) is 5.85. The molecule has 0 aliphatic carbocycles. The molecule has 0 aromatic rings. The predicted molar refractivity (Wildman–Crippen MR) is 59.6 cm³/mol. The zero-order valence-electron chi connectivity index (χ0n) is 9.52. The lowest BCUT2D eigenvalue weighted by atomic mass is 10.1. The van der Waals surface area contributed by atoms with Gasteiger partial charge in [-0.25, -0.2) is 0 Å². The van der Waals surface area contributed by atoms with Crippen LogP contribution in [0, 0.1) is 0 Å². The second-order valence-corrected chi connectivity index (χ2v) is 4.68. The zero-order chi connectivity index (χ0) is 11.5. The van der Waals surface area contributed by atoms with Crippen molar-refractivity contribution in [2.24, 2.45) is 5.73 Å². The van der Waals surface area contributed by atoms with Crippen LogP contribution in [0.5, 0.6) is 0 Å². The third kappa shape index (κ3) is 2.59. The SMILES string of the molecule is N[C@@H]1CCCN(CC(=O)N2CCCC2=O)C1. The number of likely N-dealkylation sites (tertiary alicyclic amines) is 2. The number of nitrogens with zero attached hydrogens (tertiary/aromatic N) is 2. The van der Waals surface area contributed by atoms with Crippen molar-refractivity contribution in [2.45, 2.75) is 31.7 Å². The van der Waals surface area contributed by atoms with Crippen molar-refractivity contribution >= 4 is 11.8 Å². The van der Waals surface area contributed by atoms with E-state index in [2.05, 4.69) is 4.90 Å². The molecule has 2 saturated heterocycles.